The summed E-state index contributed by atoms with van der Waals surface area (Å²) < 4.78 is 13.1. The molecule has 1 N–H and O–H groups in total. The van der Waals surface area contributed by atoms with Crippen LogP contribution in [0.5, 0.6) is 0 Å². The Hall–Kier alpha value is -2.47. The third kappa shape index (κ3) is 3.85. The van der Waals surface area contributed by atoms with E-state index in [1.807, 2.05) is 17.1 Å². The van der Waals surface area contributed by atoms with Crippen LogP contribution in [0.25, 0.3) is 5.69 Å². The summed E-state index contributed by atoms with van der Waals surface area (Å²) >= 11 is 0. The lowest BCUT2D eigenvalue weighted by Gasteiger charge is -2.16. The minimum atomic E-state index is -0.204. The Morgan fingerprint density at radius 1 is 1.08 bits per heavy atom. The van der Waals surface area contributed by atoms with Crippen molar-refractivity contribution in [3.8, 4) is 5.69 Å². The Kier molecular flexibility index (Phi) is 5.11. The summed E-state index contributed by atoms with van der Waals surface area (Å²) in [6, 6.07) is 17.2. The van der Waals surface area contributed by atoms with E-state index in [4.69, 9.17) is 9.47 Å². The molecule has 1 aliphatic rings. The Morgan fingerprint density at radius 2 is 1.81 bits per heavy atom. The van der Waals surface area contributed by atoms with E-state index in [1.54, 1.807) is 6.20 Å². The van der Waals surface area contributed by atoms with Crippen LogP contribution in [0.2, 0.25) is 0 Å². The van der Waals surface area contributed by atoms with Crippen LogP contribution in [0.4, 0.5) is 0 Å². The minimum Gasteiger partial charge on any atom is -0.346 e. The van der Waals surface area contributed by atoms with Gasteiger partial charge in [0.05, 0.1) is 19.5 Å². The van der Waals surface area contributed by atoms with Crippen LogP contribution in [0, 0.1) is 0 Å². The minimum absolute atomic E-state index is 0.204. The molecule has 0 spiro atoms. The highest BCUT2D eigenvalue weighted by Gasteiger charge is 2.17. The zero-order valence-corrected chi connectivity index (χ0v) is 14.8. The molecule has 1 saturated heterocycles. The highest BCUT2D eigenvalue weighted by Crippen LogP contribution is 2.23. The van der Waals surface area contributed by atoms with Crippen LogP contribution >= 0.6 is 0 Å². The fourth-order valence-electron chi connectivity index (χ4n) is 3.08. The smallest absolute Gasteiger partial charge is 0.184 e. The number of hydrogen-bond donors (Lipinski definition) is 1. The topological polar surface area (TPSA) is 48.3 Å². The predicted octanol–water partition coefficient (Wildman–Crippen LogP) is 3.77. The standard InChI is InChI=1S/C21H23N3O2/c1-16(18-6-8-20(9-7-18)24-11-10-22-15-24)23-14-17-2-4-19(5-3-17)21-25-12-13-26-21/h2-11,15-16,21,23H,12-14H2,1H3/t16-/m0/s1. The molecule has 0 aliphatic carbocycles. The van der Waals surface area contributed by atoms with Crippen molar-refractivity contribution in [3.63, 3.8) is 0 Å². The number of ether oxygens (including phenoxy) is 2. The van der Waals surface area contributed by atoms with E-state index in [0.717, 1.165) is 17.8 Å². The Balaban J connectivity index is 1.33. The average molecular weight is 349 g/mol. The third-order valence-electron chi connectivity index (χ3n) is 4.68. The molecule has 1 fully saturated rings. The first-order valence-electron chi connectivity index (χ1n) is 8.93. The molecule has 1 atom stereocenters. The molecule has 3 aromatic rings. The van der Waals surface area contributed by atoms with Crippen molar-refractivity contribution >= 4 is 0 Å². The lowest BCUT2D eigenvalue weighted by molar-refractivity contribution is -0.0441. The lowest BCUT2D eigenvalue weighted by Crippen LogP contribution is -2.18. The molecule has 0 bridgehead atoms. The van der Waals surface area contributed by atoms with Gasteiger partial charge >= 0.3 is 0 Å². The molecule has 0 amide bonds. The molecular weight excluding hydrogens is 326 g/mol. The fraction of sp³-hybridized carbons (Fsp3) is 0.286. The first kappa shape index (κ1) is 17.0. The number of nitrogens with zero attached hydrogens (tertiary/aromatic N) is 2. The van der Waals surface area contributed by atoms with Crippen molar-refractivity contribution in [3.05, 3.63) is 83.9 Å². The van der Waals surface area contributed by atoms with Crippen LogP contribution in [0.15, 0.2) is 67.3 Å². The molecule has 5 nitrogen and oxygen atoms in total. The van der Waals surface area contributed by atoms with E-state index in [0.29, 0.717) is 13.2 Å². The maximum atomic E-state index is 5.53. The van der Waals surface area contributed by atoms with E-state index in [1.165, 1.54) is 11.1 Å². The number of imidazole rings is 1. The van der Waals surface area contributed by atoms with Gasteiger partial charge in [-0.15, -0.1) is 0 Å². The average Bonchev–Trinajstić information content (AvgIpc) is 3.40. The normalized spacial score (nSPS) is 16.0. The summed E-state index contributed by atoms with van der Waals surface area (Å²) in [5.74, 6) is 0. The second kappa shape index (κ2) is 7.83. The van der Waals surface area contributed by atoms with E-state index < -0.39 is 0 Å². The van der Waals surface area contributed by atoms with Crippen LogP contribution in [0.3, 0.4) is 0 Å². The van der Waals surface area contributed by atoms with Crippen molar-refractivity contribution in [2.24, 2.45) is 0 Å². The summed E-state index contributed by atoms with van der Waals surface area (Å²) in [6.07, 6.45) is 5.34. The molecular formula is C21H23N3O2. The van der Waals surface area contributed by atoms with Crippen LogP contribution in [-0.2, 0) is 16.0 Å². The molecule has 0 unspecified atom stereocenters. The molecule has 2 heterocycles. The van der Waals surface area contributed by atoms with Gasteiger partial charge in [0.2, 0.25) is 0 Å². The van der Waals surface area contributed by atoms with Gasteiger partial charge < -0.3 is 19.4 Å². The molecule has 4 rings (SSSR count). The van der Waals surface area contributed by atoms with Gasteiger partial charge in [-0.2, -0.15) is 0 Å². The predicted molar refractivity (Wildman–Crippen MR) is 99.9 cm³/mol. The monoisotopic (exact) mass is 349 g/mol. The summed E-state index contributed by atoms with van der Waals surface area (Å²) in [7, 11) is 0. The van der Waals surface area contributed by atoms with Crippen molar-refractivity contribution in [1.29, 1.82) is 0 Å². The first-order valence-corrected chi connectivity index (χ1v) is 8.93. The maximum absolute atomic E-state index is 5.53. The molecule has 0 radical (unpaired) electrons. The summed E-state index contributed by atoms with van der Waals surface area (Å²) in [6.45, 7) is 4.34. The van der Waals surface area contributed by atoms with Gasteiger partial charge in [-0.1, -0.05) is 36.4 Å². The van der Waals surface area contributed by atoms with Crippen molar-refractivity contribution < 1.29 is 9.47 Å². The second-order valence-electron chi connectivity index (χ2n) is 6.48. The van der Waals surface area contributed by atoms with E-state index >= 15 is 0 Å². The number of benzene rings is 2. The molecule has 5 heteroatoms. The van der Waals surface area contributed by atoms with Gasteiger partial charge in [0.1, 0.15) is 0 Å². The Labute approximate surface area is 153 Å². The molecule has 1 aromatic heterocycles. The van der Waals surface area contributed by atoms with Crippen LogP contribution in [0.1, 0.15) is 35.9 Å². The quantitative estimate of drug-likeness (QED) is 0.736. The summed E-state index contributed by atoms with van der Waals surface area (Å²) in [4.78, 5) is 4.09. The zero-order valence-electron chi connectivity index (χ0n) is 14.8. The second-order valence-corrected chi connectivity index (χ2v) is 6.48. The Morgan fingerprint density at radius 3 is 2.46 bits per heavy atom. The lowest BCUT2D eigenvalue weighted by atomic mass is 10.1. The van der Waals surface area contributed by atoms with Crippen molar-refractivity contribution in [1.82, 2.24) is 14.9 Å². The number of rotatable bonds is 6. The number of hydrogen-bond acceptors (Lipinski definition) is 4. The van der Waals surface area contributed by atoms with Gasteiger partial charge in [-0.05, 0) is 30.2 Å². The van der Waals surface area contributed by atoms with Crippen LogP contribution < -0.4 is 5.32 Å². The largest absolute Gasteiger partial charge is 0.346 e. The summed E-state index contributed by atoms with van der Waals surface area (Å²) in [5, 5.41) is 3.58. The fourth-order valence-corrected chi connectivity index (χ4v) is 3.08. The number of nitrogens with one attached hydrogen (secondary N) is 1. The maximum Gasteiger partial charge on any atom is 0.184 e. The highest BCUT2D eigenvalue weighted by atomic mass is 16.7. The molecule has 0 saturated carbocycles. The Bertz CT molecular complexity index is 807. The molecule has 134 valence electrons. The van der Waals surface area contributed by atoms with Crippen molar-refractivity contribution in [2.75, 3.05) is 13.2 Å². The van der Waals surface area contributed by atoms with Gasteiger partial charge in [0.15, 0.2) is 6.29 Å². The summed E-state index contributed by atoms with van der Waals surface area (Å²) in [5.41, 5.74) is 4.70. The van der Waals surface area contributed by atoms with Gasteiger partial charge in [-0.25, -0.2) is 4.98 Å². The van der Waals surface area contributed by atoms with Gasteiger partial charge in [0.25, 0.3) is 0 Å². The van der Waals surface area contributed by atoms with Gasteiger partial charge in [0, 0.05) is 36.2 Å². The van der Waals surface area contributed by atoms with Gasteiger partial charge in [-0.3, -0.25) is 0 Å². The van der Waals surface area contributed by atoms with Crippen LogP contribution in [-0.4, -0.2) is 22.8 Å². The first-order chi connectivity index (χ1) is 12.8. The van der Waals surface area contributed by atoms with Crippen molar-refractivity contribution in [2.45, 2.75) is 25.8 Å². The van der Waals surface area contributed by atoms with E-state index in [9.17, 15) is 0 Å². The SMILES string of the molecule is C[C@H](NCc1ccc(C2OCCO2)cc1)c1ccc(-n2ccnc2)cc1. The number of aromatic nitrogens is 2. The molecule has 2 aromatic carbocycles. The molecule has 26 heavy (non-hydrogen) atoms. The third-order valence-corrected chi connectivity index (χ3v) is 4.68. The van der Waals surface area contributed by atoms with E-state index in [2.05, 4.69) is 65.8 Å². The zero-order chi connectivity index (χ0) is 17.8. The molecule has 1 aliphatic heterocycles. The van der Waals surface area contributed by atoms with E-state index in [-0.39, 0.29) is 12.3 Å². The highest BCUT2D eigenvalue weighted by molar-refractivity contribution is 5.35.